The highest BCUT2D eigenvalue weighted by Gasteiger charge is 2.38. The zero-order valence-electron chi connectivity index (χ0n) is 12.3. The van der Waals surface area contributed by atoms with Gasteiger partial charge in [-0.15, -0.1) is 0 Å². The lowest BCUT2D eigenvalue weighted by Gasteiger charge is -2.42. The smallest absolute Gasteiger partial charge is 0.319 e. The van der Waals surface area contributed by atoms with Crippen molar-refractivity contribution in [2.75, 3.05) is 5.32 Å². The number of hydrogen-bond donors (Lipinski definition) is 2. The van der Waals surface area contributed by atoms with Gasteiger partial charge in [0.2, 0.25) is 0 Å². The molecule has 0 unspecified atom stereocenters. The molecular formula is C18H19ClN2O. The van der Waals surface area contributed by atoms with Crippen LogP contribution in [0.3, 0.4) is 0 Å². The first-order valence-corrected chi connectivity index (χ1v) is 7.92. The van der Waals surface area contributed by atoms with E-state index in [2.05, 4.69) is 22.8 Å². The summed E-state index contributed by atoms with van der Waals surface area (Å²) in [5, 5.41) is 6.53. The normalized spacial score (nSPS) is 15.7. The molecule has 1 saturated carbocycles. The summed E-state index contributed by atoms with van der Waals surface area (Å²) in [7, 11) is 0. The van der Waals surface area contributed by atoms with E-state index in [1.807, 2.05) is 30.3 Å². The summed E-state index contributed by atoms with van der Waals surface area (Å²) >= 11 is 6.07. The summed E-state index contributed by atoms with van der Waals surface area (Å²) in [4.78, 5) is 12.3. The minimum absolute atomic E-state index is 0.132. The van der Waals surface area contributed by atoms with Gasteiger partial charge in [-0.3, -0.25) is 0 Å². The number of amides is 2. The molecule has 2 aromatic rings. The van der Waals surface area contributed by atoms with Crippen LogP contribution in [0.5, 0.6) is 0 Å². The summed E-state index contributed by atoms with van der Waals surface area (Å²) in [5.74, 6) is 0. The van der Waals surface area contributed by atoms with Crippen molar-refractivity contribution in [3.05, 3.63) is 65.2 Å². The van der Waals surface area contributed by atoms with Crippen LogP contribution >= 0.6 is 11.6 Å². The SMILES string of the molecule is O=C(Nc1ccccc1Cl)NC1(Cc2ccccc2)CCC1. The predicted molar refractivity (Wildman–Crippen MR) is 90.3 cm³/mol. The van der Waals surface area contributed by atoms with Crippen molar-refractivity contribution in [3.63, 3.8) is 0 Å². The van der Waals surface area contributed by atoms with E-state index in [4.69, 9.17) is 11.6 Å². The second-order valence-electron chi connectivity index (χ2n) is 5.86. The molecule has 0 radical (unpaired) electrons. The first kappa shape index (κ1) is 14.9. The molecule has 2 aromatic carbocycles. The number of benzene rings is 2. The maximum atomic E-state index is 12.3. The van der Waals surface area contributed by atoms with Crippen LogP contribution in [0.2, 0.25) is 5.02 Å². The number of para-hydroxylation sites is 1. The van der Waals surface area contributed by atoms with Gasteiger partial charge in [0.1, 0.15) is 0 Å². The van der Waals surface area contributed by atoms with E-state index in [0.717, 1.165) is 25.7 Å². The third-order valence-electron chi connectivity index (χ3n) is 4.20. The second kappa shape index (κ2) is 6.41. The Morgan fingerprint density at radius 1 is 1.05 bits per heavy atom. The summed E-state index contributed by atoms with van der Waals surface area (Å²) < 4.78 is 0. The van der Waals surface area contributed by atoms with Gasteiger partial charge in [-0.05, 0) is 43.4 Å². The molecule has 2 amide bonds. The standard InChI is InChI=1S/C18H19ClN2O/c19-15-9-4-5-10-16(15)20-17(22)21-18(11-6-12-18)13-14-7-2-1-3-8-14/h1-5,7-10H,6,11-13H2,(H2,20,21,22). The molecule has 3 rings (SSSR count). The van der Waals surface area contributed by atoms with Crippen LogP contribution in [0.1, 0.15) is 24.8 Å². The molecule has 1 fully saturated rings. The first-order valence-electron chi connectivity index (χ1n) is 7.55. The zero-order valence-corrected chi connectivity index (χ0v) is 13.1. The number of nitrogens with one attached hydrogen (secondary N) is 2. The van der Waals surface area contributed by atoms with Crippen LogP contribution in [0.4, 0.5) is 10.5 Å². The van der Waals surface area contributed by atoms with Crippen molar-refractivity contribution >= 4 is 23.3 Å². The average Bonchev–Trinajstić information content (AvgIpc) is 2.48. The van der Waals surface area contributed by atoms with Gasteiger partial charge in [-0.25, -0.2) is 4.79 Å². The lowest BCUT2D eigenvalue weighted by molar-refractivity contribution is 0.183. The highest BCUT2D eigenvalue weighted by atomic mass is 35.5. The van der Waals surface area contributed by atoms with Gasteiger partial charge < -0.3 is 10.6 Å². The average molecular weight is 315 g/mol. The van der Waals surface area contributed by atoms with Gasteiger partial charge in [-0.1, -0.05) is 54.1 Å². The Hall–Kier alpha value is -2.00. The number of carbonyl (C=O) groups excluding carboxylic acids is 1. The van der Waals surface area contributed by atoms with Crippen LogP contribution < -0.4 is 10.6 Å². The topological polar surface area (TPSA) is 41.1 Å². The molecule has 2 N–H and O–H groups in total. The Balaban J connectivity index is 1.65. The quantitative estimate of drug-likeness (QED) is 0.849. The van der Waals surface area contributed by atoms with Gasteiger partial charge in [0.25, 0.3) is 0 Å². The van der Waals surface area contributed by atoms with E-state index >= 15 is 0 Å². The Morgan fingerprint density at radius 2 is 1.73 bits per heavy atom. The summed E-state index contributed by atoms with van der Waals surface area (Å²) in [6, 6.07) is 17.3. The molecule has 0 aromatic heterocycles. The van der Waals surface area contributed by atoms with Crippen molar-refractivity contribution in [2.45, 2.75) is 31.2 Å². The number of urea groups is 1. The summed E-state index contributed by atoms with van der Waals surface area (Å²) in [6.45, 7) is 0. The molecule has 4 heteroatoms. The fraction of sp³-hybridized carbons (Fsp3) is 0.278. The van der Waals surface area contributed by atoms with Crippen molar-refractivity contribution in [1.29, 1.82) is 0 Å². The van der Waals surface area contributed by atoms with E-state index in [1.54, 1.807) is 12.1 Å². The molecule has 1 aliphatic rings. The van der Waals surface area contributed by atoms with Crippen molar-refractivity contribution in [3.8, 4) is 0 Å². The van der Waals surface area contributed by atoms with Gasteiger partial charge in [0.15, 0.2) is 0 Å². The Kier molecular flexibility index (Phi) is 4.34. The molecule has 0 heterocycles. The molecule has 0 atom stereocenters. The second-order valence-corrected chi connectivity index (χ2v) is 6.26. The highest BCUT2D eigenvalue weighted by molar-refractivity contribution is 6.33. The number of halogens is 1. The predicted octanol–water partition coefficient (Wildman–Crippen LogP) is 4.63. The number of anilines is 1. The largest absolute Gasteiger partial charge is 0.332 e. The molecule has 0 aliphatic heterocycles. The summed E-state index contributed by atoms with van der Waals surface area (Å²) in [6.07, 6.45) is 4.04. The highest BCUT2D eigenvalue weighted by Crippen LogP contribution is 2.35. The maximum Gasteiger partial charge on any atom is 0.319 e. The minimum atomic E-state index is -0.191. The molecular weight excluding hydrogens is 296 g/mol. The Labute approximate surface area is 135 Å². The fourth-order valence-electron chi connectivity index (χ4n) is 2.89. The molecule has 3 nitrogen and oxygen atoms in total. The van der Waals surface area contributed by atoms with E-state index in [0.29, 0.717) is 10.7 Å². The molecule has 0 bridgehead atoms. The first-order chi connectivity index (χ1) is 10.7. The number of carbonyl (C=O) groups is 1. The van der Waals surface area contributed by atoms with Crippen LogP contribution in [0.15, 0.2) is 54.6 Å². The van der Waals surface area contributed by atoms with Crippen LogP contribution in [0, 0.1) is 0 Å². The van der Waals surface area contributed by atoms with Crippen molar-refractivity contribution in [1.82, 2.24) is 5.32 Å². The van der Waals surface area contributed by atoms with E-state index in [1.165, 1.54) is 5.56 Å². The molecule has 114 valence electrons. The van der Waals surface area contributed by atoms with Gasteiger partial charge >= 0.3 is 6.03 Å². The Bertz CT molecular complexity index is 653. The molecule has 0 saturated heterocycles. The minimum Gasteiger partial charge on any atom is -0.332 e. The molecule has 1 aliphatic carbocycles. The van der Waals surface area contributed by atoms with Crippen LogP contribution in [-0.2, 0) is 6.42 Å². The monoisotopic (exact) mass is 314 g/mol. The van der Waals surface area contributed by atoms with Crippen molar-refractivity contribution in [2.24, 2.45) is 0 Å². The van der Waals surface area contributed by atoms with E-state index < -0.39 is 0 Å². The number of rotatable bonds is 4. The molecule has 0 spiro atoms. The third kappa shape index (κ3) is 3.42. The fourth-order valence-corrected chi connectivity index (χ4v) is 3.08. The van der Waals surface area contributed by atoms with Gasteiger partial charge in [0, 0.05) is 5.54 Å². The van der Waals surface area contributed by atoms with Gasteiger partial charge in [0.05, 0.1) is 10.7 Å². The molecule has 22 heavy (non-hydrogen) atoms. The lowest BCUT2D eigenvalue weighted by Crippen LogP contribution is -2.56. The van der Waals surface area contributed by atoms with E-state index in [9.17, 15) is 4.79 Å². The number of hydrogen-bond acceptors (Lipinski definition) is 1. The summed E-state index contributed by atoms with van der Waals surface area (Å²) in [5.41, 5.74) is 1.75. The van der Waals surface area contributed by atoms with Crippen molar-refractivity contribution < 1.29 is 4.79 Å². The zero-order chi connectivity index (χ0) is 15.4. The third-order valence-corrected chi connectivity index (χ3v) is 4.53. The Morgan fingerprint density at radius 3 is 2.36 bits per heavy atom. The van der Waals surface area contributed by atoms with E-state index in [-0.39, 0.29) is 11.6 Å². The van der Waals surface area contributed by atoms with Crippen LogP contribution in [-0.4, -0.2) is 11.6 Å². The maximum absolute atomic E-state index is 12.3. The lowest BCUT2D eigenvalue weighted by atomic mass is 9.73. The van der Waals surface area contributed by atoms with Gasteiger partial charge in [-0.2, -0.15) is 0 Å². The van der Waals surface area contributed by atoms with Crippen LogP contribution in [0.25, 0.3) is 0 Å².